The maximum Gasteiger partial charge on any atom is 0.272 e. The van der Waals surface area contributed by atoms with Crippen molar-refractivity contribution in [1.82, 2.24) is 0 Å². The standard InChI is InChI=1S/C15H18N4O3S/c1-2-19(12-6-4-3-5-7-12)23(21,22)13-8-9-15(17-10-13)18-11-14(16)20/h3-10H,2,11H2,1H3,(H2,16,20)(H,17,18)/p+1. The second-order valence-corrected chi connectivity index (χ2v) is 6.63. The molecular weight excluding hydrogens is 316 g/mol. The quantitative estimate of drug-likeness (QED) is 0.773. The largest absolute Gasteiger partial charge is 0.366 e. The molecule has 0 atom stereocenters. The van der Waals surface area contributed by atoms with Gasteiger partial charge in [0.15, 0.2) is 6.54 Å². The van der Waals surface area contributed by atoms with E-state index in [9.17, 15) is 13.2 Å². The number of pyridine rings is 1. The van der Waals surface area contributed by atoms with Gasteiger partial charge < -0.3 is 5.73 Å². The highest BCUT2D eigenvalue weighted by atomic mass is 32.2. The third-order valence-corrected chi connectivity index (χ3v) is 5.06. The lowest BCUT2D eigenvalue weighted by Crippen LogP contribution is -2.32. The molecule has 7 nitrogen and oxygen atoms in total. The molecule has 1 aromatic carbocycles. The number of para-hydroxylation sites is 1. The van der Waals surface area contributed by atoms with Crippen molar-refractivity contribution >= 4 is 27.4 Å². The molecule has 1 heterocycles. The number of H-pyrrole nitrogens is 1. The number of nitrogens with two attached hydrogens (primary N) is 1. The van der Waals surface area contributed by atoms with E-state index in [0.717, 1.165) is 0 Å². The smallest absolute Gasteiger partial charge is 0.272 e. The fourth-order valence-electron chi connectivity index (χ4n) is 2.08. The molecule has 0 unspecified atom stereocenters. The zero-order chi connectivity index (χ0) is 16.9. The van der Waals surface area contributed by atoms with Gasteiger partial charge in [-0.15, -0.1) is 0 Å². The zero-order valence-electron chi connectivity index (χ0n) is 12.7. The van der Waals surface area contributed by atoms with E-state index < -0.39 is 15.9 Å². The molecule has 1 aromatic heterocycles. The fraction of sp³-hybridized carbons (Fsp3) is 0.200. The number of anilines is 2. The Balaban J connectivity index is 2.26. The van der Waals surface area contributed by atoms with Gasteiger partial charge in [-0.2, -0.15) is 0 Å². The van der Waals surface area contributed by atoms with Gasteiger partial charge in [0.25, 0.3) is 21.7 Å². The molecule has 2 rings (SSSR count). The van der Waals surface area contributed by atoms with Crippen LogP contribution in [0.4, 0.5) is 11.5 Å². The summed E-state index contributed by atoms with van der Waals surface area (Å²) in [7, 11) is -3.67. The summed E-state index contributed by atoms with van der Waals surface area (Å²) in [5.41, 5.74) is 5.65. The van der Waals surface area contributed by atoms with Crippen LogP contribution in [0.1, 0.15) is 6.92 Å². The van der Waals surface area contributed by atoms with Crippen LogP contribution in [0.25, 0.3) is 0 Å². The monoisotopic (exact) mass is 335 g/mol. The molecule has 0 aliphatic heterocycles. The summed E-state index contributed by atoms with van der Waals surface area (Å²) in [5, 5.41) is 2.76. The van der Waals surface area contributed by atoms with E-state index in [4.69, 9.17) is 5.73 Å². The molecule has 0 aliphatic rings. The maximum absolute atomic E-state index is 12.8. The highest BCUT2D eigenvalue weighted by Gasteiger charge is 2.24. The minimum absolute atomic E-state index is 0.0340. The number of benzene rings is 1. The van der Waals surface area contributed by atoms with Crippen molar-refractivity contribution in [2.45, 2.75) is 11.8 Å². The first-order valence-corrected chi connectivity index (χ1v) is 8.51. The van der Waals surface area contributed by atoms with Gasteiger partial charge in [0.2, 0.25) is 0 Å². The van der Waals surface area contributed by atoms with Crippen LogP contribution in [0.5, 0.6) is 0 Å². The van der Waals surface area contributed by atoms with Crippen LogP contribution in [0.3, 0.4) is 0 Å². The second kappa shape index (κ2) is 7.10. The predicted molar refractivity (Wildman–Crippen MR) is 87.3 cm³/mol. The van der Waals surface area contributed by atoms with Crippen molar-refractivity contribution in [3.05, 3.63) is 48.7 Å². The molecule has 4 N–H and O–H groups in total. The first-order valence-electron chi connectivity index (χ1n) is 7.07. The van der Waals surface area contributed by atoms with Gasteiger partial charge in [-0.25, -0.2) is 13.4 Å². The molecule has 0 radical (unpaired) electrons. The van der Waals surface area contributed by atoms with Crippen molar-refractivity contribution in [3.63, 3.8) is 0 Å². The Labute approximate surface area is 135 Å². The van der Waals surface area contributed by atoms with Crippen molar-refractivity contribution in [2.24, 2.45) is 5.73 Å². The Bertz CT molecular complexity index is 761. The lowest BCUT2D eigenvalue weighted by atomic mass is 10.3. The van der Waals surface area contributed by atoms with E-state index in [2.05, 4.69) is 10.3 Å². The molecule has 8 heteroatoms. The number of rotatable bonds is 7. The fourth-order valence-corrected chi connectivity index (χ4v) is 3.52. The minimum atomic E-state index is -3.67. The molecule has 0 spiro atoms. The molecular formula is C15H19N4O3S+. The lowest BCUT2D eigenvalue weighted by Gasteiger charge is -2.22. The first-order chi connectivity index (χ1) is 10.9. The van der Waals surface area contributed by atoms with E-state index in [1.807, 2.05) is 6.07 Å². The number of primary amides is 1. The Morgan fingerprint density at radius 1 is 1.22 bits per heavy atom. The zero-order valence-corrected chi connectivity index (χ0v) is 13.5. The number of carbonyl (C=O) groups excluding carboxylic acids is 1. The van der Waals surface area contributed by atoms with Crippen LogP contribution in [0.2, 0.25) is 0 Å². The van der Waals surface area contributed by atoms with Crippen LogP contribution in [-0.4, -0.2) is 27.4 Å². The van der Waals surface area contributed by atoms with E-state index in [0.29, 0.717) is 18.1 Å². The Morgan fingerprint density at radius 2 is 1.91 bits per heavy atom. The molecule has 0 saturated carbocycles. The summed E-state index contributed by atoms with van der Waals surface area (Å²) in [6.45, 7) is 2.05. The summed E-state index contributed by atoms with van der Waals surface area (Å²) < 4.78 is 26.8. The number of aromatic amines is 1. The Kier molecular flexibility index (Phi) is 5.17. The summed E-state index contributed by atoms with van der Waals surface area (Å²) in [6, 6.07) is 11.9. The lowest BCUT2D eigenvalue weighted by molar-refractivity contribution is -0.364. The molecule has 0 fully saturated rings. The third kappa shape index (κ3) is 3.98. The number of carbonyl (C=O) groups is 1. The third-order valence-electron chi connectivity index (χ3n) is 3.16. The van der Waals surface area contributed by atoms with Gasteiger partial charge in [0.1, 0.15) is 11.1 Å². The van der Waals surface area contributed by atoms with E-state index in [-0.39, 0.29) is 11.4 Å². The van der Waals surface area contributed by atoms with Crippen LogP contribution in [-0.2, 0) is 14.8 Å². The summed E-state index contributed by atoms with van der Waals surface area (Å²) in [5.74, 6) is 0.00171. The molecule has 0 bridgehead atoms. The molecule has 0 aliphatic carbocycles. The van der Waals surface area contributed by atoms with Gasteiger partial charge in [-0.05, 0) is 25.1 Å². The van der Waals surface area contributed by atoms with Gasteiger partial charge in [-0.1, -0.05) is 18.2 Å². The van der Waals surface area contributed by atoms with Crippen molar-refractivity contribution in [1.29, 1.82) is 0 Å². The molecule has 23 heavy (non-hydrogen) atoms. The van der Waals surface area contributed by atoms with E-state index >= 15 is 0 Å². The minimum Gasteiger partial charge on any atom is -0.366 e. The van der Waals surface area contributed by atoms with Crippen molar-refractivity contribution in [2.75, 3.05) is 22.7 Å². The number of hydrogen-bond donors (Lipinski definition) is 2. The number of nitrogens with one attached hydrogen (secondary N) is 2. The van der Waals surface area contributed by atoms with E-state index in [1.165, 1.54) is 16.6 Å². The van der Waals surface area contributed by atoms with Crippen LogP contribution >= 0.6 is 0 Å². The summed E-state index contributed by atoms with van der Waals surface area (Å²) in [6.07, 6.45) is 1.38. The summed E-state index contributed by atoms with van der Waals surface area (Å²) >= 11 is 0. The van der Waals surface area contributed by atoms with Gasteiger partial charge in [0.05, 0.1) is 5.69 Å². The predicted octanol–water partition coefficient (Wildman–Crippen LogP) is 0.613. The van der Waals surface area contributed by atoms with Crippen LogP contribution in [0, 0.1) is 0 Å². The average molecular weight is 335 g/mol. The van der Waals surface area contributed by atoms with Gasteiger partial charge in [-0.3, -0.25) is 14.4 Å². The van der Waals surface area contributed by atoms with E-state index in [1.54, 1.807) is 37.3 Å². The maximum atomic E-state index is 12.8. The molecule has 0 saturated heterocycles. The van der Waals surface area contributed by atoms with Crippen LogP contribution in [0.15, 0.2) is 53.6 Å². The first kappa shape index (κ1) is 16.8. The number of amides is 1. The normalized spacial score (nSPS) is 11.0. The van der Waals surface area contributed by atoms with Crippen molar-refractivity contribution < 1.29 is 18.2 Å². The summed E-state index contributed by atoms with van der Waals surface area (Å²) in [4.78, 5) is 13.7. The molecule has 1 amide bonds. The second-order valence-electron chi connectivity index (χ2n) is 4.76. The van der Waals surface area contributed by atoms with Gasteiger partial charge in [0, 0.05) is 12.6 Å². The Hall–Kier alpha value is -2.61. The number of hydrogen-bond acceptors (Lipinski definition) is 4. The molecule has 2 aromatic rings. The molecule has 122 valence electrons. The SMILES string of the molecule is CCN(c1ccccc1)S(=O)(=O)c1ccc(NCC(N)=O)[nH+]c1. The van der Waals surface area contributed by atoms with Gasteiger partial charge >= 0.3 is 0 Å². The van der Waals surface area contributed by atoms with Crippen LogP contribution < -0.4 is 20.3 Å². The number of aromatic nitrogens is 1. The Morgan fingerprint density at radius 3 is 2.43 bits per heavy atom. The average Bonchev–Trinajstić information content (AvgIpc) is 2.55. The number of nitrogens with zero attached hydrogens (tertiary/aromatic N) is 1. The number of sulfonamides is 1. The highest BCUT2D eigenvalue weighted by Crippen LogP contribution is 2.22. The topological polar surface area (TPSA) is 107 Å². The van der Waals surface area contributed by atoms with Crippen molar-refractivity contribution in [3.8, 4) is 0 Å². The highest BCUT2D eigenvalue weighted by molar-refractivity contribution is 7.92.